The molecule has 4 nitrogen and oxygen atoms in total. The van der Waals surface area contributed by atoms with Gasteiger partial charge in [-0.1, -0.05) is 30.7 Å². The molecule has 0 aliphatic carbocycles. The number of aromatic nitrogens is 1. The highest BCUT2D eigenvalue weighted by Gasteiger charge is 2.05. The van der Waals surface area contributed by atoms with Crippen molar-refractivity contribution in [1.29, 1.82) is 0 Å². The van der Waals surface area contributed by atoms with E-state index in [1.807, 2.05) is 24.3 Å². The van der Waals surface area contributed by atoms with Crippen LogP contribution in [0.1, 0.15) is 23.7 Å². The first-order valence-electron chi connectivity index (χ1n) is 7.16. The number of hydrogen-bond donors (Lipinski definition) is 1. The van der Waals surface area contributed by atoms with Crippen molar-refractivity contribution >= 4 is 0 Å². The molecule has 1 aromatic carbocycles. The third-order valence-corrected chi connectivity index (χ3v) is 3.15. The Morgan fingerprint density at radius 1 is 1.19 bits per heavy atom. The second kappa shape index (κ2) is 7.64. The third-order valence-electron chi connectivity index (χ3n) is 3.15. The van der Waals surface area contributed by atoms with Crippen LogP contribution in [0.5, 0.6) is 11.6 Å². The number of nitrogens with one attached hydrogen (secondary N) is 1. The number of rotatable bonds is 7. The van der Waals surface area contributed by atoms with Gasteiger partial charge >= 0.3 is 0 Å². The van der Waals surface area contributed by atoms with Crippen LogP contribution < -0.4 is 14.8 Å². The molecule has 112 valence electrons. The monoisotopic (exact) mass is 286 g/mol. The Kier molecular flexibility index (Phi) is 5.58. The van der Waals surface area contributed by atoms with Crippen LogP contribution in [-0.4, -0.2) is 18.6 Å². The summed E-state index contributed by atoms with van der Waals surface area (Å²) in [5.41, 5.74) is 3.25. The van der Waals surface area contributed by atoms with Crippen molar-refractivity contribution in [2.24, 2.45) is 0 Å². The average molecular weight is 286 g/mol. The molecule has 4 heteroatoms. The predicted octanol–water partition coefficient (Wildman–Crippen LogP) is 3.09. The van der Waals surface area contributed by atoms with Crippen LogP contribution in [0, 0.1) is 6.92 Å². The molecule has 1 heterocycles. The van der Waals surface area contributed by atoms with Crippen molar-refractivity contribution in [3.05, 3.63) is 53.2 Å². The van der Waals surface area contributed by atoms with Gasteiger partial charge in [-0.05, 0) is 25.6 Å². The minimum Gasteiger partial charge on any atom is -0.487 e. The van der Waals surface area contributed by atoms with Gasteiger partial charge in [0, 0.05) is 18.2 Å². The summed E-state index contributed by atoms with van der Waals surface area (Å²) in [7, 11) is 1.61. The van der Waals surface area contributed by atoms with E-state index in [0.29, 0.717) is 12.5 Å². The topological polar surface area (TPSA) is 43.4 Å². The van der Waals surface area contributed by atoms with Crippen LogP contribution >= 0.6 is 0 Å². The van der Waals surface area contributed by atoms with Gasteiger partial charge < -0.3 is 14.8 Å². The molecule has 0 bridgehead atoms. The molecule has 21 heavy (non-hydrogen) atoms. The molecule has 0 saturated heterocycles. The molecule has 0 amide bonds. The molecule has 0 atom stereocenters. The zero-order chi connectivity index (χ0) is 15.1. The number of aryl methyl sites for hydroxylation is 1. The van der Waals surface area contributed by atoms with E-state index >= 15 is 0 Å². The molecule has 0 spiro atoms. The van der Waals surface area contributed by atoms with Crippen LogP contribution in [-0.2, 0) is 13.2 Å². The predicted molar refractivity (Wildman–Crippen MR) is 83.7 cm³/mol. The third kappa shape index (κ3) is 4.46. The lowest BCUT2D eigenvalue weighted by Gasteiger charge is -2.13. The summed E-state index contributed by atoms with van der Waals surface area (Å²) in [6.07, 6.45) is 0. The zero-order valence-electron chi connectivity index (χ0n) is 12.8. The SMILES string of the molecule is CCNCc1cc(C)ccc1OCc1cccc(OC)n1. The zero-order valence-corrected chi connectivity index (χ0v) is 12.8. The fraction of sp³-hybridized carbons (Fsp3) is 0.353. The number of nitrogens with zero attached hydrogens (tertiary/aromatic N) is 1. The fourth-order valence-corrected chi connectivity index (χ4v) is 2.05. The van der Waals surface area contributed by atoms with E-state index in [1.165, 1.54) is 11.1 Å². The van der Waals surface area contributed by atoms with Gasteiger partial charge in [-0.25, -0.2) is 4.98 Å². The first kappa shape index (κ1) is 15.3. The van der Waals surface area contributed by atoms with Crippen molar-refractivity contribution in [2.75, 3.05) is 13.7 Å². The van der Waals surface area contributed by atoms with E-state index in [-0.39, 0.29) is 0 Å². The Labute approximate surface area is 126 Å². The lowest BCUT2D eigenvalue weighted by atomic mass is 10.1. The summed E-state index contributed by atoms with van der Waals surface area (Å²) in [5.74, 6) is 1.50. The van der Waals surface area contributed by atoms with E-state index in [9.17, 15) is 0 Å². The normalized spacial score (nSPS) is 10.4. The number of hydrogen-bond acceptors (Lipinski definition) is 4. The van der Waals surface area contributed by atoms with E-state index in [4.69, 9.17) is 9.47 Å². The maximum absolute atomic E-state index is 5.92. The lowest BCUT2D eigenvalue weighted by Crippen LogP contribution is -2.13. The first-order valence-corrected chi connectivity index (χ1v) is 7.16. The number of pyridine rings is 1. The number of ether oxygens (including phenoxy) is 2. The summed E-state index contributed by atoms with van der Waals surface area (Å²) in [4.78, 5) is 4.35. The fourth-order valence-electron chi connectivity index (χ4n) is 2.05. The minimum absolute atomic E-state index is 0.430. The van der Waals surface area contributed by atoms with Gasteiger partial charge in [-0.15, -0.1) is 0 Å². The molecule has 0 unspecified atom stereocenters. The Morgan fingerprint density at radius 2 is 2.05 bits per heavy atom. The van der Waals surface area contributed by atoms with Gasteiger partial charge in [0.1, 0.15) is 12.4 Å². The summed E-state index contributed by atoms with van der Waals surface area (Å²) in [6.45, 7) is 6.35. The highest BCUT2D eigenvalue weighted by atomic mass is 16.5. The molecule has 2 rings (SSSR count). The Morgan fingerprint density at radius 3 is 2.81 bits per heavy atom. The van der Waals surface area contributed by atoms with Crippen molar-refractivity contribution in [1.82, 2.24) is 10.3 Å². The molecule has 1 N–H and O–H groups in total. The Hall–Kier alpha value is -2.07. The smallest absolute Gasteiger partial charge is 0.213 e. The summed E-state index contributed by atoms with van der Waals surface area (Å²) < 4.78 is 11.0. The van der Waals surface area contributed by atoms with Gasteiger partial charge in [0.05, 0.1) is 12.8 Å². The van der Waals surface area contributed by atoms with Crippen LogP contribution in [0.25, 0.3) is 0 Å². The standard InChI is InChI=1S/C17H22N2O2/c1-4-18-11-14-10-13(2)8-9-16(14)21-12-15-6-5-7-17(19-15)20-3/h5-10,18H,4,11-12H2,1-3H3. The maximum Gasteiger partial charge on any atom is 0.213 e. The van der Waals surface area contributed by atoms with Crippen LogP contribution in [0.15, 0.2) is 36.4 Å². The molecule has 0 saturated carbocycles. The minimum atomic E-state index is 0.430. The maximum atomic E-state index is 5.92. The van der Waals surface area contributed by atoms with E-state index in [0.717, 1.165) is 24.5 Å². The molecule has 0 fully saturated rings. The van der Waals surface area contributed by atoms with E-state index in [1.54, 1.807) is 7.11 Å². The largest absolute Gasteiger partial charge is 0.487 e. The first-order chi connectivity index (χ1) is 10.2. The van der Waals surface area contributed by atoms with Crippen molar-refractivity contribution < 1.29 is 9.47 Å². The molecule has 0 aliphatic heterocycles. The lowest BCUT2D eigenvalue weighted by molar-refractivity contribution is 0.294. The van der Waals surface area contributed by atoms with Gasteiger partial charge in [0.15, 0.2) is 0 Å². The Balaban J connectivity index is 2.07. The molecule has 0 radical (unpaired) electrons. The van der Waals surface area contributed by atoms with Crippen molar-refractivity contribution in [3.8, 4) is 11.6 Å². The summed E-state index contributed by atoms with van der Waals surface area (Å²) in [5, 5.41) is 3.33. The van der Waals surface area contributed by atoms with Gasteiger partial charge in [0.2, 0.25) is 5.88 Å². The second-order valence-corrected chi connectivity index (χ2v) is 4.85. The van der Waals surface area contributed by atoms with E-state index in [2.05, 4.69) is 36.3 Å². The van der Waals surface area contributed by atoms with Crippen molar-refractivity contribution in [3.63, 3.8) is 0 Å². The quantitative estimate of drug-likeness (QED) is 0.849. The molecule has 0 aliphatic rings. The van der Waals surface area contributed by atoms with Crippen LogP contribution in [0.2, 0.25) is 0 Å². The van der Waals surface area contributed by atoms with Gasteiger partial charge in [-0.3, -0.25) is 0 Å². The average Bonchev–Trinajstić information content (AvgIpc) is 2.52. The molecular formula is C17H22N2O2. The highest BCUT2D eigenvalue weighted by Crippen LogP contribution is 2.21. The number of methoxy groups -OCH3 is 1. The van der Waals surface area contributed by atoms with Crippen LogP contribution in [0.3, 0.4) is 0 Å². The molecular weight excluding hydrogens is 264 g/mol. The Bertz CT molecular complexity index is 585. The molecule has 2 aromatic rings. The van der Waals surface area contributed by atoms with Gasteiger partial charge in [0.25, 0.3) is 0 Å². The number of benzene rings is 1. The van der Waals surface area contributed by atoms with Crippen LogP contribution in [0.4, 0.5) is 0 Å². The van der Waals surface area contributed by atoms with E-state index < -0.39 is 0 Å². The second-order valence-electron chi connectivity index (χ2n) is 4.85. The van der Waals surface area contributed by atoms with Crippen molar-refractivity contribution in [2.45, 2.75) is 27.0 Å². The summed E-state index contributed by atoms with van der Waals surface area (Å²) in [6, 6.07) is 11.9. The summed E-state index contributed by atoms with van der Waals surface area (Å²) >= 11 is 0. The molecule has 1 aromatic heterocycles. The highest BCUT2D eigenvalue weighted by molar-refractivity contribution is 5.37. The van der Waals surface area contributed by atoms with Gasteiger partial charge in [-0.2, -0.15) is 0 Å².